The van der Waals surface area contributed by atoms with E-state index in [1.807, 2.05) is 18.2 Å². The molecular weight excluding hydrogens is 212 g/mol. The van der Waals surface area contributed by atoms with Crippen LogP contribution in [0.15, 0.2) is 18.2 Å². The zero-order chi connectivity index (χ0) is 11.4. The monoisotopic (exact) mass is 227 g/mol. The van der Waals surface area contributed by atoms with Crippen molar-refractivity contribution < 1.29 is 13.5 Å². The molecule has 4 heteroatoms. The maximum absolute atomic E-state index is 11.9. The second-order valence-corrected chi connectivity index (χ2v) is 3.89. The molecule has 1 aromatic rings. The molecule has 0 radical (unpaired) electrons. The Morgan fingerprint density at radius 1 is 1.31 bits per heavy atom. The second kappa shape index (κ2) is 5.25. The van der Waals surface area contributed by atoms with Gasteiger partial charge >= 0.3 is 0 Å². The predicted molar refractivity (Wildman–Crippen MR) is 58.0 cm³/mol. The Labute approximate surface area is 93.6 Å². The molecule has 1 aliphatic heterocycles. The average Bonchev–Trinajstić information content (AvgIpc) is 2.28. The van der Waals surface area contributed by atoms with E-state index in [9.17, 15) is 8.78 Å². The molecule has 2 nitrogen and oxygen atoms in total. The molecule has 16 heavy (non-hydrogen) atoms. The van der Waals surface area contributed by atoms with E-state index in [-0.39, 0.29) is 13.0 Å². The molecule has 0 bridgehead atoms. The topological polar surface area (TPSA) is 21.3 Å². The summed E-state index contributed by atoms with van der Waals surface area (Å²) in [4.78, 5) is 0. The van der Waals surface area contributed by atoms with E-state index < -0.39 is 6.43 Å². The third-order valence-electron chi connectivity index (χ3n) is 2.67. The summed E-state index contributed by atoms with van der Waals surface area (Å²) in [5.74, 6) is 0.696. The lowest BCUT2D eigenvalue weighted by Crippen LogP contribution is -2.23. The number of rotatable bonds is 4. The Hall–Kier alpha value is -1.16. The van der Waals surface area contributed by atoms with E-state index in [0.717, 1.165) is 19.5 Å². The highest BCUT2D eigenvalue weighted by Gasteiger charge is 2.09. The molecule has 0 spiro atoms. The molecule has 0 fully saturated rings. The molecule has 0 atom stereocenters. The van der Waals surface area contributed by atoms with Gasteiger partial charge in [0.05, 0.1) is 6.61 Å². The number of hydrogen-bond acceptors (Lipinski definition) is 2. The Bertz CT molecular complexity index is 355. The van der Waals surface area contributed by atoms with Gasteiger partial charge in [0.15, 0.2) is 0 Å². The molecular formula is C12H15F2NO. The minimum Gasteiger partial charge on any atom is -0.493 e. The summed E-state index contributed by atoms with van der Waals surface area (Å²) in [6.07, 6.45) is -1.53. The number of hydrogen-bond donors (Lipinski definition) is 1. The van der Waals surface area contributed by atoms with E-state index in [2.05, 4.69) is 5.32 Å². The highest BCUT2D eigenvalue weighted by atomic mass is 19.3. The van der Waals surface area contributed by atoms with Gasteiger partial charge in [-0.15, -0.1) is 0 Å². The van der Waals surface area contributed by atoms with Gasteiger partial charge in [0.25, 0.3) is 0 Å². The summed E-state index contributed by atoms with van der Waals surface area (Å²) >= 11 is 0. The summed E-state index contributed by atoms with van der Waals surface area (Å²) in [6.45, 7) is 1.93. The molecule has 1 N–H and O–H groups in total. The van der Waals surface area contributed by atoms with Crippen molar-refractivity contribution in [3.63, 3.8) is 0 Å². The predicted octanol–water partition coefficient (Wildman–Crippen LogP) is 2.37. The van der Waals surface area contributed by atoms with Crippen molar-refractivity contribution in [2.75, 3.05) is 13.2 Å². The highest BCUT2D eigenvalue weighted by molar-refractivity contribution is 5.37. The Kier molecular flexibility index (Phi) is 3.72. The van der Waals surface area contributed by atoms with E-state index in [0.29, 0.717) is 5.75 Å². The van der Waals surface area contributed by atoms with Crippen molar-refractivity contribution in [1.82, 2.24) is 5.32 Å². The largest absolute Gasteiger partial charge is 0.493 e. The van der Waals surface area contributed by atoms with Crippen LogP contribution in [0.4, 0.5) is 8.78 Å². The number of halogens is 2. The van der Waals surface area contributed by atoms with Crippen LogP contribution in [0, 0.1) is 0 Å². The summed E-state index contributed by atoms with van der Waals surface area (Å²) in [6, 6.07) is 5.80. The molecule has 1 heterocycles. The second-order valence-electron chi connectivity index (χ2n) is 3.89. The fourth-order valence-electron chi connectivity index (χ4n) is 1.81. The quantitative estimate of drug-likeness (QED) is 0.852. The average molecular weight is 227 g/mol. The van der Waals surface area contributed by atoms with Crippen molar-refractivity contribution in [3.05, 3.63) is 29.3 Å². The standard InChI is InChI=1S/C12H15F2NO/c13-12(14)4-6-16-11-2-1-10-8-15-5-3-9(10)7-11/h1-2,7,12,15H,3-6,8H2. The first-order valence-corrected chi connectivity index (χ1v) is 5.49. The minimum atomic E-state index is -2.29. The third-order valence-corrected chi connectivity index (χ3v) is 2.67. The van der Waals surface area contributed by atoms with E-state index >= 15 is 0 Å². The summed E-state index contributed by atoms with van der Waals surface area (Å²) < 4.78 is 29.1. The van der Waals surface area contributed by atoms with Crippen LogP contribution in [-0.2, 0) is 13.0 Å². The van der Waals surface area contributed by atoms with Crippen molar-refractivity contribution >= 4 is 0 Å². The van der Waals surface area contributed by atoms with Gasteiger partial charge in [-0.05, 0) is 36.2 Å². The molecule has 0 saturated carbocycles. The third kappa shape index (κ3) is 2.92. The van der Waals surface area contributed by atoms with E-state index in [1.165, 1.54) is 11.1 Å². The van der Waals surface area contributed by atoms with Crippen LogP contribution in [0.3, 0.4) is 0 Å². The number of alkyl halides is 2. The minimum absolute atomic E-state index is 0.0781. The maximum Gasteiger partial charge on any atom is 0.241 e. The van der Waals surface area contributed by atoms with Gasteiger partial charge < -0.3 is 10.1 Å². The Balaban J connectivity index is 1.95. The molecule has 88 valence electrons. The van der Waals surface area contributed by atoms with Crippen LogP contribution < -0.4 is 10.1 Å². The number of fused-ring (bicyclic) bond motifs is 1. The first kappa shape index (κ1) is 11.3. The summed E-state index contributed by atoms with van der Waals surface area (Å²) in [5.41, 5.74) is 2.53. The van der Waals surface area contributed by atoms with Crippen molar-refractivity contribution in [2.45, 2.75) is 25.8 Å². The van der Waals surface area contributed by atoms with Gasteiger partial charge in [0, 0.05) is 13.0 Å². The van der Waals surface area contributed by atoms with Gasteiger partial charge in [-0.1, -0.05) is 6.07 Å². The molecule has 0 aliphatic carbocycles. The molecule has 0 aromatic heterocycles. The van der Waals surface area contributed by atoms with Crippen LogP contribution in [0.2, 0.25) is 0 Å². The number of nitrogens with one attached hydrogen (secondary N) is 1. The van der Waals surface area contributed by atoms with E-state index in [4.69, 9.17) is 4.74 Å². The smallest absolute Gasteiger partial charge is 0.241 e. The molecule has 1 aromatic carbocycles. The molecule has 0 unspecified atom stereocenters. The number of ether oxygens (including phenoxy) is 1. The lowest BCUT2D eigenvalue weighted by molar-refractivity contribution is 0.114. The Morgan fingerprint density at radius 2 is 2.19 bits per heavy atom. The highest BCUT2D eigenvalue weighted by Crippen LogP contribution is 2.20. The molecule has 2 rings (SSSR count). The van der Waals surface area contributed by atoms with Crippen LogP contribution in [0.1, 0.15) is 17.5 Å². The van der Waals surface area contributed by atoms with E-state index in [1.54, 1.807) is 0 Å². The lowest BCUT2D eigenvalue weighted by Gasteiger charge is -2.18. The molecule has 0 saturated heterocycles. The van der Waals surface area contributed by atoms with Gasteiger partial charge in [-0.3, -0.25) is 0 Å². The van der Waals surface area contributed by atoms with Gasteiger partial charge in [0.1, 0.15) is 5.75 Å². The SMILES string of the molecule is FC(F)CCOc1ccc2c(c1)CCNC2. The summed E-state index contributed by atoms with van der Waals surface area (Å²) in [5, 5.41) is 3.28. The molecule has 0 amide bonds. The van der Waals surface area contributed by atoms with Crippen LogP contribution >= 0.6 is 0 Å². The molecule has 1 aliphatic rings. The fourth-order valence-corrected chi connectivity index (χ4v) is 1.81. The van der Waals surface area contributed by atoms with Crippen molar-refractivity contribution in [3.8, 4) is 5.75 Å². The summed E-state index contributed by atoms with van der Waals surface area (Å²) in [7, 11) is 0. The van der Waals surface area contributed by atoms with Gasteiger partial charge in [-0.2, -0.15) is 0 Å². The fraction of sp³-hybridized carbons (Fsp3) is 0.500. The zero-order valence-electron chi connectivity index (χ0n) is 9.01. The first-order chi connectivity index (χ1) is 7.75. The number of benzene rings is 1. The van der Waals surface area contributed by atoms with Crippen molar-refractivity contribution in [2.24, 2.45) is 0 Å². The first-order valence-electron chi connectivity index (χ1n) is 5.49. The normalized spacial score (nSPS) is 14.9. The van der Waals surface area contributed by atoms with Gasteiger partial charge in [0.2, 0.25) is 6.43 Å². The van der Waals surface area contributed by atoms with Crippen molar-refractivity contribution in [1.29, 1.82) is 0 Å². The van der Waals surface area contributed by atoms with Crippen LogP contribution in [-0.4, -0.2) is 19.6 Å². The lowest BCUT2D eigenvalue weighted by atomic mass is 10.0. The Morgan fingerprint density at radius 3 is 3.00 bits per heavy atom. The zero-order valence-corrected chi connectivity index (χ0v) is 9.01. The maximum atomic E-state index is 11.9. The van der Waals surface area contributed by atoms with Crippen LogP contribution in [0.5, 0.6) is 5.75 Å². The van der Waals surface area contributed by atoms with Gasteiger partial charge in [-0.25, -0.2) is 8.78 Å². The van der Waals surface area contributed by atoms with Crippen LogP contribution in [0.25, 0.3) is 0 Å².